The topological polar surface area (TPSA) is 61.0 Å². The highest BCUT2D eigenvalue weighted by Gasteiger charge is 2.10. The first kappa shape index (κ1) is 12.3. The van der Waals surface area contributed by atoms with Crippen molar-refractivity contribution in [1.29, 1.82) is 0 Å². The van der Waals surface area contributed by atoms with Gasteiger partial charge in [-0.05, 0) is 38.1 Å². The number of rotatable bonds is 3. The van der Waals surface area contributed by atoms with Crippen molar-refractivity contribution in [3.8, 4) is 17.1 Å². The maximum Gasteiger partial charge on any atom is 0.186 e. The zero-order chi connectivity index (χ0) is 13.1. The molecule has 5 heteroatoms. The Morgan fingerprint density at radius 1 is 1.22 bits per heavy atom. The smallest absolute Gasteiger partial charge is 0.186 e. The molecule has 18 heavy (non-hydrogen) atoms. The molecule has 0 atom stereocenters. The molecule has 0 spiro atoms. The van der Waals surface area contributed by atoms with E-state index in [2.05, 4.69) is 9.97 Å². The molecule has 1 aromatic carbocycles. The van der Waals surface area contributed by atoms with E-state index in [0.717, 1.165) is 11.3 Å². The molecule has 0 aliphatic carbocycles. The maximum atomic E-state index is 13.3. The van der Waals surface area contributed by atoms with Crippen LogP contribution in [0.25, 0.3) is 11.4 Å². The number of nitrogen functional groups attached to an aromatic ring is 1. The quantitative estimate of drug-likeness (QED) is 0.905. The first-order valence-electron chi connectivity index (χ1n) is 5.64. The van der Waals surface area contributed by atoms with E-state index in [-0.39, 0.29) is 11.5 Å². The van der Waals surface area contributed by atoms with Crippen molar-refractivity contribution in [2.75, 3.05) is 12.3 Å². The zero-order valence-corrected chi connectivity index (χ0v) is 10.3. The van der Waals surface area contributed by atoms with Gasteiger partial charge in [-0.15, -0.1) is 0 Å². The van der Waals surface area contributed by atoms with Gasteiger partial charge in [-0.3, -0.25) is 0 Å². The van der Waals surface area contributed by atoms with Gasteiger partial charge in [0.15, 0.2) is 17.5 Å². The SMILES string of the molecule is CCOc1ccc(-c2nc(C)c(F)c(N)n2)cc1. The Kier molecular flexibility index (Phi) is 3.41. The molecule has 1 heterocycles. The summed E-state index contributed by atoms with van der Waals surface area (Å²) in [6.45, 7) is 4.09. The van der Waals surface area contributed by atoms with Gasteiger partial charge in [-0.1, -0.05) is 0 Å². The number of hydrogen-bond donors (Lipinski definition) is 1. The van der Waals surface area contributed by atoms with E-state index in [9.17, 15) is 4.39 Å². The van der Waals surface area contributed by atoms with Crippen LogP contribution >= 0.6 is 0 Å². The number of nitrogens with zero attached hydrogens (tertiary/aromatic N) is 2. The molecule has 0 aliphatic rings. The fourth-order valence-corrected chi connectivity index (χ4v) is 1.58. The van der Waals surface area contributed by atoms with Crippen molar-refractivity contribution in [1.82, 2.24) is 9.97 Å². The average Bonchev–Trinajstić information content (AvgIpc) is 2.37. The number of benzene rings is 1. The highest BCUT2D eigenvalue weighted by molar-refractivity contribution is 5.58. The highest BCUT2D eigenvalue weighted by atomic mass is 19.1. The summed E-state index contributed by atoms with van der Waals surface area (Å²) in [6, 6.07) is 7.27. The second-order valence-electron chi connectivity index (χ2n) is 3.79. The van der Waals surface area contributed by atoms with Crippen LogP contribution in [0.4, 0.5) is 10.2 Å². The van der Waals surface area contributed by atoms with Crippen molar-refractivity contribution in [3.63, 3.8) is 0 Å². The third-order valence-corrected chi connectivity index (χ3v) is 2.47. The molecule has 2 N–H and O–H groups in total. The lowest BCUT2D eigenvalue weighted by molar-refractivity contribution is 0.340. The fraction of sp³-hybridized carbons (Fsp3) is 0.231. The van der Waals surface area contributed by atoms with Crippen molar-refractivity contribution in [2.45, 2.75) is 13.8 Å². The molecule has 0 amide bonds. The van der Waals surface area contributed by atoms with Crippen LogP contribution in [0.3, 0.4) is 0 Å². The van der Waals surface area contributed by atoms with Crippen LogP contribution in [0, 0.1) is 12.7 Å². The Labute approximate surface area is 105 Å². The molecule has 0 radical (unpaired) electrons. The predicted molar refractivity (Wildman–Crippen MR) is 67.7 cm³/mol. The zero-order valence-electron chi connectivity index (χ0n) is 10.3. The predicted octanol–water partition coefficient (Wildman–Crippen LogP) is 2.57. The van der Waals surface area contributed by atoms with E-state index in [1.165, 1.54) is 0 Å². The number of halogens is 1. The van der Waals surface area contributed by atoms with E-state index >= 15 is 0 Å². The summed E-state index contributed by atoms with van der Waals surface area (Å²) in [5.41, 5.74) is 6.50. The molecule has 0 saturated heterocycles. The van der Waals surface area contributed by atoms with Crippen LogP contribution < -0.4 is 10.5 Å². The Morgan fingerprint density at radius 2 is 1.89 bits per heavy atom. The van der Waals surface area contributed by atoms with Crippen LogP contribution in [0.2, 0.25) is 0 Å². The standard InChI is InChI=1S/C13H14FN3O/c1-3-18-10-6-4-9(5-7-10)13-16-8(2)11(14)12(15)17-13/h4-7H,3H2,1-2H3,(H2,15,16,17). The second-order valence-corrected chi connectivity index (χ2v) is 3.79. The number of anilines is 1. The van der Waals surface area contributed by atoms with E-state index in [0.29, 0.717) is 12.4 Å². The lowest BCUT2D eigenvalue weighted by Gasteiger charge is -2.06. The van der Waals surface area contributed by atoms with E-state index in [1.54, 1.807) is 6.92 Å². The van der Waals surface area contributed by atoms with Crippen molar-refractivity contribution in [3.05, 3.63) is 35.8 Å². The lowest BCUT2D eigenvalue weighted by atomic mass is 10.2. The lowest BCUT2D eigenvalue weighted by Crippen LogP contribution is -2.02. The monoisotopic (exact) mass is 247 g/mol. The average molecular weight is 247 g/mol. The Balaban J connectivity index is 2.36. The molecule has 0 fully saturated rings. The Bertz CT molecular complexity index is 532. The minimum absolute atomic E-state index is 0.133. The number of ether oxygens (including phenoxy) is 1. The molecule has 2 rings (SSSR count). The first-order valence-corrected chi connectivity index (χ1v) is 5.64. The minimum atomic E-state index is -0.565. The first-order chi connectivity index (χ1) is 8.61. The molecule has 94 valence electrons. The summed E-state index contributed by atoms with van der Waals surface area (Å²) < 4.78 is 18.7. The summed E-state index contributed by atoms with van der Waals surface area (Å²) >= 11 is 0. The normalized spacial score (nSPS) is 10.4. The second kappa shape index (κ2) is 5.00. The third kappa shape index (κ3) is 2.40. The Morgan fingerprint density at radius 3 is 2.44 bits per heavy atom. The van der Waals surface area contributed by atoms with Crippen molar-refractivity contribution >= 4 is 5.82 Å². The fourth-order valence-electron chi connectivity index (χ4n) is 1.58. The Hall–Kier alpha value is -2.17. The maximum absolute atomic E-state index is 13.3. The molecule has 0 aliphatic heterocycles. The summed E-state index contributed by atoms with van der Waals surface area (Å²) in [4.78, 5) is 8.00. The van der Waals surface area contributed by atoms with Crippen molar-refractivity contribution in [2.24, 2.45) is 0 Å². The van der Waals surface area contributed by atoms with Gasteiger partial charge in [0.2, 0.25) is 0 Å². The van der Waals surface area contributed by atoms with Gasteiger partial charge in [-0.2, -0.15) is 0 Å². The van der Waals surface area contributed by atoms with E-state index < -0.39 is 5.82 Å². The van der Waals surface area contributed by atoms with Crippen LogP contribution in [-0.2, 0) is 0 Å². The number of aromatic nitrogens is 2. The van der Waals surface area contributed by atoms with Gasteiger partial charge in [-0.25, -0.2) is 14.4 Å². The number of aryl methyl sites for hydroxylation is 1. The van der Waals surface area contributed by atoms with E-state index in [4.69, 9.17) is 10.5 Å². The van der Waals surface area contributed by atoms with Gasteiger partial charge in [0, 0.05) is 5.56 Å². The molecule has 0 unspecified atom stereocenters. The van der Waals surface area contributed by atoms with Crippen LogP contribution in [0.5, 0.6) is 5.75 Å². The summed E-state index contributed by atoms with van der Waals surface area (Å²) in [7, 11) is 0. The summed E-state index contributed by atoms with van der Waals surface area (Å²) in [5.74, 6) is 0.485. The molecule has 4 nitrogen and oxygen atoms in total. The minimum Gasteiger partial charge on any atom is -0.494 e. The van der Waals surface area contributed by atoms with Crippen LogP contribution in [0.1, 0.15) is 12.6 Å². The van der Waals surface area contributed by atoms with Gasteiger partial charge in [0.25, 0.3) is 0 Å². The van der Waals surface area contributed by atoms with Gasteiger partial charge >= 0.3 is 0 Å². The van der Waals surface area contributed by atoms with Gasteiger partial charge < -0.3 is 10.5 Å². The number of nitrogens with two attached hydrogens (primary N) is 1. The summed E-state index contributed by atoms with van der Waals surface area (Å²) in [5, 5.41) is 0. The van der Waals surface area contributed by atoms with Gasteiger partial charge in [0.1, 0.15) is 5.75 Å². The molecule has 1 aromatic heterocycles. The van der Waals surface area contributed by atoms with Crippen molar-refractivity contribution < 1.29 is 9.13 Å². The van der Waals surface area contributed by atoms with Crippen LogP contribution in [0.15, 0.2) is 24.3 Å². The van der Waals surface area contributed by atoms with Gasteiger partial charge in [0.05, 0.1) is 12.3 Å². The third-order valence-electron chi connectivity index (χ3n) is 2.47. The molecule has 0 bridgehead atoms. The highest BCUT2D eigenvalue weighted by Crippen LogP contribution is 2.22. The molecule has 0 saturated carbocycles. The summed E-state index contributed by atoms with van der Waals surface area (Å²) in [6.07, 6.45) is 0. The largest absolute Gasteiger partial charge is 0.494 e. The molecule has 2 aromatic rings. The molecular formula is C13H14FN3O. The number of hydrogen-bond acceptors (Lipinski definition) is 4. The van der Waals surface area contributed by atoms with Crippen LogP contribution in [-0.4, -0.2) is 16.6 Å². The molecular weight excluding hydrogens is 233 g/mol. The van der Waals surface area contributed by atoms with E-state index in [1.807, 2.05) is 31.2 Å².